The van der Waals surface area contributed by atoms with E-state index in [0.717, 1.165) is 32.5 Å². The average Bonchev–Trinajstić information content (AvgIpc) is 2.18. The van der Waals surface area contributed by atoms with Gasteiger partial charge in [-0.2, -0.15) is 0 Å². The van der Waals surface area contributed by atoms with Crippen LogP contribution in [0.25, 0.3) is 0 Å². The van der Waals surface area contributed by atoms with Crippen LogP contribution in [0.5, 0.6) is 0 Å². The third-order valence-electron chi connectivity index (χ3n) is 3.83. The van der Waals surface area contributed by atoms with E-state index in [2.05, 4.69) is 24.1 Å². The Kier molecular flexibility index (Phi) is 3.29. The lowest BCUT2D eigenvalue weighted by Crippen LogP contribution is -2.62. The van der Waals surface area contributed by atoms with Gasteiger partial charge in [0.05, 0.1) is 11.5 Å². The van der Waals surface area contributed by atoms with Crippen molar-refractivity contribution in [2.24, 2.45) is 0 Å². The van der Waals surface area contributed by atoms with Crippen molar-refractivity contribution in [3.05, 3.63) is 0 Å². The van der Waals surface area contributed by atoms with Crippen LogP contribution >= 0.6 is 0 Å². The lowest BCUT2D eigenvalue weighted by atomic mass is 9.95. The van der Waals surface area contributed by atoms with Crippen molar-refractivity contribution in [2.75, 3.05) is 31.1 Å². The van der Waals surface area contributed by atoms with Crippen LogP contribution < -0.4 is 5.32 Å². The Bertz CT molecular complexity index is 337. The second kappa shape index (κ2) is 4.27. The zero-order chi connectivity index (χ0) is 11.8. The summed E-state index contributed by atoms with van der Waals surface area (Å²) in [5, 5.41) is 3.40. The maximum absolute atomic E-state index is 11.4. The summed E-state index contributed by atoms with van der Waals surface area (Å²) in [7, 11) is -2.73. The van der Waals surface area contributed by atoms with Crippen molar-refractivity contribution in [3.8, 4) is 0 Å². The SMILES string of the molecule is CC1(C)CNCCN1C1CCS(=O)(=O)CC1. The van der Waals surface area contributed by atoms with E-state index in [-0.39, 0.29) is 5.54 Å². The highest BCUT2D eigenvalue weighted by Crippen LogP contribution is 2.26. The highest BCUT2D eigenvalue weighted by molar-refractivity contribution is 7.91. The summed E-state index contributed by atoms with van der Waals surface area (Å²) in [4.78, 5) is 2.50. The first-order valence-corrected chi connectivity index (χ1v) is 7.91. The Morgan fingerprint density at radius 1 is 1.25 bits per heavy atom. The van der Waals surface area contributed by atoms with Gasteiger partial charge in [-0.15, -0.1) is 0 Å². The van der Waals surface area contributed by atoms with Crippen LogP contribution in [0.15, 0.2) is 0 Å². The smallest absolute Gasteiger partial charge is 0.150 e. The third-order valence-corrected chi connectivity index (χ3v) is 5.54. The molecule has 0 atom stereocenters. The van der Waals surface area contributed by atoms with Gasteiger partial charge in [0.1, 0.15) is 9.84 Å². The van der Waals surface area contributed by atoms with Gasteiger partial charge in [-0.25, -0.2) is 8.42 Å². The lowest BCUT2D eigenvalue weighted by Gasteiger charge is -2.48. The number of hydrogen-bond donors (Lipinski definition) is 1. The monoisotopic (exact) mass is 246 g/mol. The number of piperazine rings is 1. The molecule has 2 saturated heterocycles. The van der Waals surface area contributed by atoms with Gasteiger partial charge in [-0.3, -0.25) is 4.90 Å². The molecule has 0 radical (unpaired) electrons. The number of nitrogens with one attached hydrogen (secondary N) is 1. The van der Waals surface area contributed by atoms with Crippen LogP contribution in [-0.4, -0.2) is 56.0 Å². The van der Waals surface area contributed by atoms with Gasteiger partial charge in [0.2, 0.25) is 0 Å². The van der Waals surface area contributed by atoms with Gasteiger partial charge in [0, 0.05) is 31.2 Å². The minimum Gasteiger partial charge on any atom is -0.314 e. The highest BCUT2D eigenvalue weighted by Gasteiger charge is 2.37. The summed E-state index contributed by atoms with van der Waals surface area (Å²) in [6, 6.07) is 0.459. The number of rotatable bonds is 1. The molecule has 16 heavy (non-hydrogen) atoms. The first-order valence-electron chi connectivity index (χ1n) is 6.09. The molecule has 0 unspecified atom stereocenters. The molecule has 0 bridgehead atoms. The van der Waals surface area contributed by atoms with E-state index in [1.807, 2.05) is 0 Å². The van der Waals surface area contributed by atoms with Gasteiger partial charge in [-0.05, 0) is 26.7 Å². The van der Waals surface area contributed by atoms with E-state index >= 15 is 0 Å². The van der Waals surface area contributed by atoms with Gasteiger partial charge >= 0.3 is 0 Å². The zero-order valence-electron chi connectivity index (χ0n) is 10.2. The molecule has 5 heteroatoms. The first-order chi connectivity index (χ1) is 7.41. The van der Waals surface area contributed by atoms with Crippen molar-refractivity contribution >= 4 is 9.84 Å². The number of nitrogens with zero attached hydrogens (tertiary/aromatic N) is 1. The molecule has 1 N–H and O–H groups in total. The molecule has 2 fully saturated rings. The summed E-state index contributed by atoms with van der Waals surface area (Å²) >= 11 is 0. The van der Waals surface area contributed by atoms with Crippen LogP contribution in [0.1, 0.15) is 26.7 Å². The Morgan fingerprint density at radius 2 is 1.88 bits per heavy atom. The molecular formula is C11H22N2O2S. The van der Waals surface area contributed by atoms with Crippen molar-refractivity contribution in [2.45, 2.75) is 38.3 Å². The Morgan fingerprint density at radius 3 is 2.44 bits per heavy atom. The summed E-state index contributed by atoms with van der Waals surface area (Å²) in [6.45, 7) is 7.53. The topological polar surface area (TPSA) is 49.4 Å². The fourth-order valence-corrected chi connectivity index (χ4v) is 4.33. The molecule has 94 valence electrons. The molecule has 0 aliphatic carbocycles. The van der Waals surface area contributed by atoms with E-state index in [0.29, 0.717) is 17.5 Å². The van der Waals surface area contributed by atoms with E-state index in [1.54, 1.807) is 0 Å². The molecule has 4 nitrogen and oxygen atoms in total. The second-order valence-corrected chi connectivity index (χ2v) is 7.87. The largest absolute Gasteiger partial charge is 0.314 e. The average molecular weight is 246 g/mol. The fourth-order valence-electron chi connectivity index (χ4n) is 2.86. The summed E-state index contributed by atoms with van der Waals surface area (Å²) in [6.07, 6.45) is 1.62. The van der Waals surface area contributed by atoms with E-state index in [1.165, 1.54) is 0 Å². The predicted molar refractivity (Wildman–Crippen MR) is 65.3 cm³/mol. The van der Waals surface area contributed by atoms with E-state index in [4.69, 9.17) is 0 Å². The first kappa shape index (κ1) is 12.3. The Hall–Kier alpha value is -0.130. The van der Waals surface area contributed by atoms with Crippen LogP contribution in [0.4, 0.5) is 0 Å². The molecule has 2 aliphatic heterocycles. The summed E-state index contributed by atoms with van der Waals surface area (Å²) < 4.78 is 22.8. The highest BCUT2D eigenvalue weighted by atomic mass is 32.2. The van der Waals surface area contributed by atoms with Crippen molar-refractivity contribution in [1.29, 1.82) is 0 Å². The molecule has 0 spiro atoms. The van der Waals surface area contributed by atoms with E-state index in [9.17, 15) is 8.42 Å². The van der Waals surface area contributed by atoms with Crippen LogP contribution in [0.3, 0.4) is 0 Å². The lowest BCUT2D eigenvalue weighted by molar-refractivity contribution is 0.0404. The minimum absolute atomic E-state index is 0.157. The number of sulfone groups is 1. The van der Waals surface area contributed by atoms with Gasteiger partial charge in [0.25, 0.3) is 0 Å². The summed E-state index contributed by atoms with van der Waals surface area (Å²) in [5.74, 6) is 0.745. The Balaban J connectivity index is 2.02. The molecule has 0 saturated carbocycles. The maximum Gasteiger partial charge on any atom is 0.150 e. The molecule has 0 aromatic heterocycles. The molecule has 0 amide bonds. The second-order valence-electron chi connectivity index (χ2n) is 5.57. The molecule has 2 rings (SSSR count). The summed E-state index contributed by atoms with van der Waals surface area (Å²) in [5.41, 5.74) is 0.157. The fraction of sp³-hybridized carbons (Fsp3) is 1.00. The third kappa shape index (κ3) is 2.57. The molecule has 2 aliphatic rings. The van der Waals surface area contributed by atoms with Crippen molar-refractivity contribution in [3.63, 3.8) is 0 Å². The Labute approximate surface area is 98.3 Å². The van der Waals surface area contributed by atoms with Crippen molar-refractivity contribution in [1.82, 2.24) is 10.2 Å². The minimum atomic E-state index is -2.73. The zero-order valence-corrected chi connectivity index (χ0v) is 11.0. The van der Waals surface area contributed by atoms with Gasteiger partial charge < -0.3 is 5.32 Å². The predicted octanol–water partition coefficient (Wildman–Crippen LogP) is 0.247. The van der Waals surface area contributed by atoms with Gasteiger partial charge in [0.15, 0.2) is 0 Å². The molecule has 0 aromatic carbocycles. The van der Waals surface area contributed by atoms with Crippen LogP contribution in [0, 0.1) is 0 Å². The normalized spacial score (nSPS) is 31.4. The molecule has 2 heterocycles. The van der Waals surface area contributed by atoms with Crippen molar-refractivity contribution < 1.29 is 8.42 Å². The van der Waals surface area contributed by atoms with Crippen LogP contribution in [0.2, 0.25) is 0 Å². The molecule has 0 aromatic rings. The maximum atomic E-state index is 11.4. The standard InChI is InChI=1S/C11H22N2O2S/c1-11(2)9-12-5-6-13(11)10-3-7-16(14,15)8-4-10/h10,12H,3-9H2,1-2H3. The quantitative estimate of drug-likeness (QED) is 0.720. The number of hydrogen-bond acceptors (Lipinski definition) is 4. The van der Waals surface area contributed by atoms with Crippen LogP contribution in [-0.2, 0) is 9.84 Å². The van der Waals surface area contributed by atoms with E-state index < -0.39 is 9.84 Å². The van der Waals surface area contributed by atoms with Gasteiger partial charge in [-0.1, -0.05) is 0 Å². The molecular weight excluding hydrogens is 224 g/mol.